The van der Waals surface area contributed by atoms with Gasteiger partial charge in [0.05, 0.1) is 17.4 Å². The van der Waals surface area contributed by atoms with Crippen molar-refractivity contribution >= 4 is 11.6 Å². The molecule has 3 aromatic rings. The highest BCUT2D eigenvalue weighted by molar-refractivity contribution is 5.97. The molecule has 1 saturated heterocycles. The van der Waals surface area contributed by atoms with Crippen LogP contribution in [0.25, 0.3) is 5.65 Å². The van der Waals surface area contributed by atoms with E-state index in [1.807, 2.05) is 65.0 Å². The highest BCUT2D eigenvalue weighted by atomic mass is 16.5. The monoisotopic (exact) mass is 379 g/mol. The van der Waals surface area contributed by atoms with Crippen LogP contribution in [0.15, 0.2) is 48.8 Å². The lowest BCUT2D eigenvalue weighted by atomic mass is 10.1. The van der Waals surface area contributed by atoms with Crippen molar-refractivity contribution in [1.82, 2.24) is 14.3 Å². The van der Waals surface area contributed by atoms with Crippen molar-refractivity contribution < 1.29 is 14.3 Å². The topological polar surface area (TPSA) is 56.1 Å². The van der Waals surface area contributed by atoms with E-state index < -0.39 is 0 Å². The Balaban J connectivity index is 1.48. The Bertz CT molecular complexity index is 974. The number of carbonyl (C=O) groups excluding carboxylic acids is 1. The number of piperidine rings is 1. The molecule has 0 unspecified atom stereocenters. The number of benzene rings is 1. The second kappa shape index (κ2) is 8.02. The molecule has 3 heterocycles. The minimum absolute atomic E-state index is 0.0102. The number of hydrogen-bond acceptors (Lipinski definition) is 4. The molecule has 1 fully saturated rings. The predicted octanol–water partition coefficient (Wildman–Crippen LogP) is 3.47. The summed E-state index contributed by atoms with van der Waals surface area (Å²) in [7, 11) is 1.73. The van der Waals surface area contributed by atoms with Crippen LogP contribution in [0.1, 0.15) is 34.5 Å². The third-order valence-corrected chi connectivity index (χ3v) is 5.28. The summed E-state index contributed by atoms with van der Waals surface area (Å²) >= 11 is 0. The lowest BCUT2D eigenvalue weighted by Crippen LogP contribution is -2.40. The lowest BCUT2D eigenvalue weighted by molar-refractivity contribution is 0.0348. The van der Waals surface area contributed by atoms with E-state index in [0.717, 1.165) is 29.7 Å². The molecule has 0 N–H and O–H groups in total. The van der Waals surface area contributed by atoms with Gasteiger partial charge in [0, 0.05) is 32.6 Å². The summed E-state index contributed by atoms with van der Waals surface area (Å²) in [6.07, 6.45) is 5.91. The lowest BCUT2D eigenvalue weighted by Gasteiger charge is -2.31. The number of likely N-dealkylation sites (tertiary alicyclic amines) is 1. The number of pyridine rings is 1. The van der Waals surface area contributed by atoms with Crippen LogP contribution in [0.5, 0.6) is 5.75 Å². The van der Waals surface area contributed by atoms with Gasteiger partial charge in [-0.05, 0) is 43.5 Å². The van der Waals surface area contributed by atoms with Crippen molar-refractivity contribution in [2.75, 3.05) is 20.2 Å². The molecule has 0 atom stereocenters. The van der Waals surface area contributed by atoms with Crippen LogP contribution in [0.3, 0.4) is 0 Å². The van der Waals surface area contributed by atoms with Gasteiger partial charge in [0.2, 0.25) is 0 Å². The van der Waals surface area contributed by atoms with Gasteiger partial charge < -0.3 is 18.8 Å². The van der Waals surface area contributed by atoms with Crippen molar-refractivity contribution in [2.45, 2.75) is 32.5 Å². The normalized spacial score (nSPS) is 15.1. The Morgan fingerprint density at radius 2 is 1.96 bits per heavy atom. The van der Waals surface area contributed by atoms with E-state index in [4.69, 9.17) is 9.47 Å². The molecule has 0 saturated carbocycles. The Labute approximate surface area is 164 Å². The van der Waals surface area contributed by atoms with E-state index in [2.05, 4.69) is 4.98 Å². The molecule has 146 valence electrons. The number of nitrogens with zero attached hydrogens (tertiary/aromatic N) is 3. The maximum atomic E-state index is 13.0. The van der Waals surface area contributed by atoms with Gasteiger partial charge in [-0.15, -0.1) is 0 Å². The van der Waals surface area contributed by atoms with Crippen LogP contribution in [-0.2, 0) is 11.3 Å². The molecule has 0 bridgehead atoms. The predicted molar refractivity (Wildman–Crippen MR) is 107 cm³/mol. The first kappa shape index (κ1) is 18.5. The van der Waals surface area contributed by atoms with Crippen LogP contribution in [0, 0.1) is 6.92 Å². The first-order chi connectivity index (χ1) is 13.7. The van der Waals surface area contributed by atoms with E-state index in [1.54, 1.807) is 7.11 Å². The van der Waals surface area contributed by atoms with Gasteiger partial charge in [0.15, 0.2) is 0 Å². The van der Waals surface area contributed by atoms with E-state index in [0.29, 0.717) is 31.0 Å². The third-order valence-electron chi connectivity index (χ3n) is 5.28. The molecular formula is C22H25N3O3. The number of amides is 1. The molecule has 0 spiro atoms. The summed E-state index contributed by atoms with van der Waals surface area (Å²) < 4.78 is 13.4. The van der Waals surface area contributed by atoms with Crippen LogP contribution in [0.4, 0.5) is 0 Å². The molecule has 4 rings (SSSR count). The number of aromatic nitrogens is 2. The number of rotatable bonds is 5. The zero-order valence-electron chi connectivity index (χ0n) is 16.3. The summed E-state index contributed by atoms with van der Waals surface area (Å²) in [6, 6.07) is 11.5. The standard InChI is InChI=1S/C22H25N3O3/c1-16-6-5-11-25-14-17(23-21(16)25)15-28-20-8-4-3-7-19(20)22(26)24-12-9-18(27-2)10-13-24/h3-8,11,14,18H,9-10,12-13,15H2,1-2H3. The summed E-state index contributed by atoms with van der Waals surface area (Å²) in [6.45, 7) is 3.76. The van der Waals surface area contributed by atoms with Gasteiger partial charge in [-0.25, -0.2) is 4.98 Å². The van der Waals surface area contributed by atoms with Crippen molar-refractivity contribution in [3.8, 4) is 5.75 Å². The zero-order chi connectivity index (χ0) is 19.5. The Morgan fingerprint density at radius 3 is 2.71 bits per heavy atom. The number of aryl methyl sites for hydroxylation is 1. The molecular weight excluding hydrogens is 354 g/mol. The summed E-state index contributed by atoms with van der Waals surface area (Å²) in [5.74, 6) is 0.603. The molecule has 6 nitrogen and oxygen atoms in total. The summed E-state index contributed by atoms with van der Waals surface area (Å²) in [4.78, 5) is 19.5. The second-order valence-electron chi connectivity index (χ2n) is 7.17. The SMILES string of the molecule is COC1CCN(C(=O)c2ccccc2OCc2cn3cccc(C)c3n2)CC1. The molecule has 1 aromatic carbocycles. The molecule has 0 radical (unpaired) electrons. The van der Waals surface area contributed by atoms with Gasteiger partial charge in [0.1, 0.15) is 18.0 Å². The highest BCUT2D eigenvalue weighted by Gasteiger charge is 2.25. The minimum atomic E-state index is 0.0102. The average molecular weight is 379 g/mol. The first-order valence-corrected chi connectivity index (χ1v) is 9.63. The second-order valence-corrected chi connectivity index (χ2v) is 7.17. The number of methoxy groups -OCH3 is 1. The Kier molecular flexibility index (Phi) is 5.30. The van der Waals surface area contributed by atoms with E-state index in [1.165, 1.54) is 0 Å². The third kappa shape index (κ3) is 3.73. The number of fused-ring (bicyclic) bond motifs is 1. The van der Waals surface area contributed by atoms with Gasteiger partial charge in [0.25, 0.3) is 5.91 Å². The van der Waals surface area contributed by atoms with E-state index in [9.17, 15) is 4.79 Å². The van der Waals surface area contributed by atoms with Crippen LogP contribution in [0.2, 0.25) is 0 Å². The van der Waals surface area contributed by atoms with Crippen molar-refractivity contribution in [3.05, 3.63) is 65.6 Å². The Morgan fingerprint density at radius 1 is 1.18 bits per heavy atom. The van der Waals surface area contributed by atoms with Gasteiger partial charge in [-0.2, -0.15) is 0 Å². The molecule has 2 aromatic heterocycles. The molecule has 0 aliphatic carbocycles. The fraction of sp³-hybridized carbons (Fsp3) is 0.364. The van der Waals surface area contributed by atoms with Crippen molar-refractivity contribution in [2.24, 2.45) is 0 Å². The zero-order valence-corrected chi connectivity index (χ0v) is 16.3. The molecule has 1 aliphatic heterocycles. The minimum Gasteiger partial charge on any atom is -0.486 e. The van der Waals surface area contributed by atoms with Crippen molar-refractivity contribution in [1.29, 1.82) is 0 Å². The molecule has 28 heavy (non-hydrogen) atoms. The number of carbonyl (C=O) groups is 1. The smallest absolute Gasteiger partial charge is 0.257 e. The van der Waals surface area contributed by atoms with E-state index >= 15 is 0 Å². The largest absolute Gasteiger partial charge is 0.486 e. The summed E-state index contributed by atoms with van der Waals surface area (Å²) in [5.41, 5.74) is 3.46. The van der Waals surface area contributed by atoms with Gasteiger partial charge in [-0.1, -0.05) is 18.2 Å². The quantitative estimate of drug-likeness (QED) is 0.681. The maximum absolute atomic E-state index is 13.0. The average Bonchev–Trinajstić information content (AvgIpc) is 3.17. The molecule has 6 heteroatoms. The number of imidazole rings is 1. The Hall–Kier alpha value is -2.86. The fourth-order valence-electron chi connectivity index (χ4n) is 3.66. The van der Waals surface area contributed by atoms with Crippen LogP contribution < -0.4 is 4.74 Å². The number of ether oxygens (including phenoxy) is 2. The summed E-state index contributed by atoms with van der Waals surface area (Å²) in [5, 5.41) is 0. The van der Waals surface area contributed by atoms with Gasteiger partial charge in [-0.3, -0.25) is 4.79 Å². The maximum Gasteiger partial charge on any atom is 0.257 e. The highest BCUT2D eigenvalue weighted by Crippen LogP contribution is 2.23. The number of hydrogen-bond donors (Lipinski definition) is 0. The van der Waals surface area contributed by atoms with Crippen molar-refractivity contribution in [3.63, 3.8) is 0 Å². The van der Waals surface area contributed by atoms with Crippen LogP contribution >= 0.6 is 0 Å². The van der Waals surface area contributed by atoms with E-state index in [-0.39, 0.29) is 12.0 Å². The number of para-hydroxylation sites is 1. The molecule has 1 aliphatic rings. The molecule has 1 amide bonds. The van der Waals surface area contributed by atoms with Gasteiger partial charge >= 0.3 is 0 Å². The van der Waals surface area contributed by atoms with Crippen LogP contribution in [-0.4, -0.2) is 46.5 Å². The first-order valence-electron chi connectivity index (χ1n) is 9.63. The fourth-order valence-corrected chi connectivity index (χ4v) is 3.66.